The van der Waals surface area contributed by atoms with Crippen molar-refractivity contribution < 1.29 is 14.3 Å². The molecule has 2 aromatic rings. The molecule has 2 fully saturated rings. The molecule has 0 saturated carbocycles. The Morgan fingerprint density at radius 2 is 1.93 bits per heavy atom. The number of ether oxygens (including phenoxy) is 2. The van der Waals surface area contributed by atoms with E-state index in [1.165, 1.54) is 0 Å². The summed E-state index contributed by atoms with van der Waals surface area (Å²) in [6, 6.07) is 5.75. The number of carbonyl (C=O) groups is 1. The van der Waals surface area contributed by atoms with Crippen LogP contribution in [-0.4, -0.2) is 83.2 Å². The van der Waals surface area contributed by atoms with Gasteiger partial charge in [0.1, 0.15) is 6.10 Å². The number of aromatic nitrogens is 3. The fraction of sp³-hybridized carbons (Fsp3) is 0.500. The standard InChI is InChI=1S/C20H26N6O3/c21-20-22-12-15(13-23-20)16-2-1-3-17(24-16)18-14-26(8-11-29-18)19(27)4-5-25-6-9-28-10-7-25/h1-3,12-13,18H,4-11,14H2,(H2,21,22,23)/t18-/m1/s1. The van der Waals surface area contributed by atoms with Gasteiger partial charge in [-0.2, -0.15) is 0 Å². The van der Waals surface area contributed by atoms with Gasteiger partial charge in [0.15, 0.2) is 0 Å². The molecule has 2 aliphatic rings. The first-order chi connectivity index (χ1) is 14.2. The third kappa shape index (κ3) is 5.06. The highest BCUT2D eigenvalue weighted by atomic mass is 16.5. The van der Waals surface area contributed by atoms with Crippen LogP contribution >= 0.6 is 0 Å². The quantitative estimate of drug-likeness (QED) is 0.786. The fourth-order valence-corrected chi connectivity index (χ4v) is 3.55. The Balaban J connectivity index is 1.38. The fourth-order valence-electron chi connectivity index (χ4n) is 3.55. The monoisotopic (exact) mass is 398 g/mol. The highest BCUT2D eigenvalue weighted by molar-refractivity contribution is 5.76. The Morgan fingerprint density at radius 1 is 1.14 bits per heavy atom. The van der Waals surface area contributed by atoms with Gasteiger partial charge in [0.25, 0.3) is 0 Å². The van der Waals surface area contributed by atoms with Crippen molar-refractivity contribution in [2.24, 2.45) is 0 Å². The number of amides is 1. The zero-order valence-corrected chi connectivity index (χ0v) is 16.4. The molecule has 2 aromatic heterocycles. The van der Waals surface area contributed by atoms with Crippen LogP contribution in [0.4, 0.5) is 5.95 Å². The summed E-state index contributed by atoms with van der Waals surface area (Å²) < 4.78 is 11.3. The summed E-state index contributed by atoms with van der Waals surface area (Å²) >= 11 is 0. The molecule has 154 valence electrons. The maximum atomic E-state index is 12.7. The topological polar surface area (TPSA) is 107 Å². The van der Waals surface area contributed by atoms with Crippen LogP contribution in [0.25, 0.3) is 11.3 Å². The molecule has 0 unspecified atom stereocenters. The van der Waals surface area contributed by atoms with Crippen molar-refractivity contribution in [2.75, 3.05) is 58.3 Å². The Kier molecular flexibility index (Phi) is 6.28. The van der Waals surface area contributed by atoms with E-state index >= 15 is 0 Å². The van der Waals surface area contributed by atoms with Gasteiger partial charge in [-0.25, -0.2) is 15.0 Å². The second kappa shape index (κ2) is 9.25. The molecule has 2 saturated heterocycles. The number of nitrogens with two attached hydrogens (primary N) is 1. The lowest BCUT2D eigenvalue weighted by Crippen LogP contribution is -2.44. The molecule has 1 amide bonds. The molecule has 0 aromatic carbocycles. The number of nitrogens with zero attached hydrogens (tertiary/aromatic N) is 5. The number of hydrogen-bond acceptors (Lipinski definition) is 8. The number of pyridine rings is 1. The molecule has 9 heteroatoms. The minimum atomic E-state index is -0.245. The lowest BCUT2D eigenvalue weighted by atomic mass is 10.1. The largest absolute Gasteiger partial charge is 0.379 e. The zero-order chi connectivity index (χ0) is 20.1. The first kappa shape index (κ1) is 19.7. The molecule has 2 N–H and O–H groups in total. The van der Waals surface area contributed by atoms with Crippen molar-refractivity contribution >= 4 is 11.9 Å². The number of morpholine rings is 2. The third-order valence-electron chi connectivity index (χ3n) is 5.23. The van der Waals surface area contributed by atoms with Gasteiger partial charge in [0.2, 0.25) is 11.9 Å². The average molecular weight is 398 g/mol. The predicted octanol–water partition coefficient (Wildman–Crippen LogP) is 0.743. The van der Waals surface area contributed by atoms with Gasteiger partial charge in [0, 0.05) is 50.6 Å². The highest BCUT2D eigenvalue weighted by Gasteiger charge is 2.26. The van der Waals surface area contributed by atoms with Gasteiger partial charge in [-0.3, -0.25) is 9.69 Å². The summed E-state index contributed by atoms with van der Waals surface area (Å²) in [5.41, 5.74) is 7.89. The third-order valence-corrected chi connectivity index (χ3v) is 5.23. The molecule has 2 aliphatic heterocycles. The highest BCUT2D eigenvalue weighted by Crippen LogP contribution is 2.24. The lowest BCUT2D eigenvalue weighted by Gasteiger charge is -2.33. The second-order valence-electron chi connectivity index (χ2n) is 7.18. The Hall–Kier alpha value is -2.62. The molecule has 0 aliphatic carbocycles. The molecule has 0 spiro atoms. The van der Waals surface area contributed by atoms with E-state index in [0.29, 0.717) is 26.1 Å². The van der Waals surface area contributed by atoms with Crippen molar-refractivity contribution in [2.45, 2.75) is 12.5 Å². The molecule has 9 nitrogen and oxygen atoms in total. The van der Waals surface area contributed by atoms with Gasteiger partial charge in [-0.1, -0.05) is 6.07 Å². The minimum absolute atomic E-state index is 0.160. The molecule has 0 bridgehead atoms. The van der Waals surface area contributed by atoms with E-state index in [1.54, 1.807) is 12.4 Å². The van der Waals surface area contributed by atoms with Crippen molar-refractivity contribution in [3.8, 4) is 11.3 Å². The van der Waals surface area contributed by atoms with Crippen LogP contribution < -0.4 is 5.73 Å². The van der Waals surface area contributed by atoms with Crippen LogP contribution in [0.1, 0.15) is 18.2 Å². The molecular weight excluding hydrogens is 372 g/mol. The van der Waals surface area contributed by atoms with Crippen molar-refractivity contribution in [1.82, 2.24) is 24.8 Å². The normalized spacial score (nSPS) is 20.6. The van der Waals surface area contributed by atoms with Crippen LogP contribution in [0.3, 0.4) is 0 Å². The van der Waals surface area contributed by atoms with E-state index in [0.717, 1.165) is 49.8 Å². The van der Waals surface area contributed by atoms with E-state index in [9.17, 15) is 4.79 Å². The van der Waals surface area contributed by atoms with Gasteiger partial charge in [0.05, 0.1) is 37.8 Å². The summed E-state index contributed by atoms with van der Waals surface area (Å²) in [4.78, 5) is 29.6. The number of rotatable bonds is 5. The maximum absolute atomic E-state index is 12.7. The van der Waals surface area contributed by atoms with E-state index in [-0.39, 0.29) is 18.0 Å². The Labute approximate surface area is 169 Å². The average Bonchev–Trinajstić information content (AvgIpc) is 2.79. The SMILES string of the molecule is Nc1ncc(-c2cccc([C@H]3CN(C(=O)CCN4CCOCC4)CCO3)n2)cn1. The minimum Gasteiger partial charge on any atom is -0.379 e. The maximum Gasteiger partial charge on any atom is 0.224 e. The van der Waals surface area contributed by atoms with E-state index < -0.39 is 0 Å². The lowest BCUT2D eigenvalue weighted by molar-refractivity contribution is -0.139. The van der Waals surface area contributed by atoms with Crippen LogP contribution in [0, 0.1) is 0 Å². The molecule has 4 rings (SSSR count). The number of carbonyl (C=O) groups excluding carboxylic acids is 1. The first-order valence-corrected chi connectivity index (χ1v) is 9.93. The van der Waals surface area contributed by atoms with Gasteiger partial charge < -0.3 is 20.1 Å². The molecular formula is C20H26N6O3. The summed E-state index contributed by atoms with van der Waals surface area (Å²) in [7, 11) is 0. The summed E-state index contributed by atoms with van der Waals surface area (Å²) in [5, 5.41) is 0. The van der Waals surface area contributed by atoms with Crippen LogP contribution in [0.5, 0.6) is 0 Å². The van der Waals surface area contributed by atoms with E-state index in [2.05, 4.69) is 14.9 Å². The van der Waals surface area contributed by atoms with Crippen LogP contribution in [-0.2, 0) is 14.3 Å². The molecule has 1 atom stereocenters. The van der Waals surface area contributed by atoms with Crippen molar-refractivity contribution in [3.63, 3.8) is 0 Å². The van der Waals surface area contributed by atoms with Crippen molar-refractivity contribution in [3.05, 3.63) is 36.3 Å². The molecule has 29 heavy (non-hydrogen) atoms. The van der Waals surface area contributed by atoms with Gasteiger partial charge in [-0.15, -0.1) is 0 Å². The van der Waals surface area contributed by atoms with Crippen LogP contribution in [0.2, 0.25) is 0 Å². The number of anilines is 1. The second-order valence-corrected chi connectivity index (χ2v) is 7.18. The molecule has 0 radical (unpaired) electrons. The zero-order valence-electron chi connectivity index (χ0n) is 16.4. The van der Waals surface area contributed by atoms with E-state index in [4.69, 9.17) is 20.2 Å². The number of nitrogen functional groups attached to an aromatic ring is 1. The van der Waals surface area contributed by atoms with Gasteiger partial charge in [-0.05, 0) is 12.1 Å². The smallest absolute Gasteiger partial charge is 0.224 e. The summed E-state index contributed by atoms with van der Waals surface area (Å²) in [6.45, 7) is 5.68. The van der Waals surface area contributed by atoms with Crippen molar-refractivity contribution in [1.29, 1.82) is 0 Å². The number of hydrogen-bond donors (Lipinski definition) is 1. The first-order valence-electron chi connectivity index (χ1n) is 9.93. The predicted molar refractivity (Wildman–Crippen MR) is 107 cm³/mol. The molecule has 4 heterocycles. The Bertz CT molecular complexity index is 825. The summed E-state index contributed by atoms with van der Waals surface area (Å²) in [6.07, 6.45) is 3.57. The van der Waals surface area contributed by atoms with E-state index in [1.807, 2.05) is 23.1 Å². The Morgan fingerprint density at radius 3 is 2.72 bits per heavy atom. The van der Waals surface area contributed by atoms with Crippen LogP contribution in [0.15, 0.2) is 30.6 Å². The van der Waals surface area contributed by atoms with Gasteiger partial charge >= 0.3 is 0 Å². The summed E-state index contributed by atoms with van der Waals surface area (Å²) in [5.74, 6) is 0.389.